The zero-order valence-electron chi connectivity index (χ0n) is 10.5. The second-order valence-corrected chi connectivity index (χ2v) is 5.98. The lowest BCUT2D eigenvalue weighted by atomic mass is 10.2. The van der Waals surface area contributed by atoms with E-state index in [0.717, 1.165) is 48.7 Å². The summed E-state index contributed by atoms with van der Waals surface area (Å²) in [5, 5.41) is 12.7. The van der Waals surface area contributed by atoms with Crippen molar-refractivity contribution in [2.45, 2.75) is 30.7 Å². The quantitative estimate of drug-likeness (QED) is 0.304. The summed E-state index contributed by atoms with van der Waals surface area (Å²) in [7, 11) is 2.06. The van der Waals surface area contributed by atoms with Crippen molar-refractivity contribution in [3.8, 4) is 0 Å². The van der Waals surface area contributed by atoms with Crippen LogP contribution in [0, 0.1) is 0 Å². The molecule has 4 nitrogen and oxygen atoms in total. The van der Waals surface area contributed by atoms with Gasteiger partial charge in [-0.2, -0.15) is 0 Å². The first-order chi connectivity index (χ1) is 8.76. The lowest BCUT2D eigenvalue weighted by Gasteiger charge is -2.09. The van der Waals surface area contributed by atoms with Gasteiger partial charge in [0, 0.05) is 31.6 Å². The highest BCUT2D eigenvalue weighted by Crippen LogP contribution is 2.31. The first kappa shape index (κ1) is 13.8. The van der Waals surface area contributed by atoms with Crippen LogP contribution in [0.4, 0.5) is 0 Å². The lowest BCUT2D eigenvalue weighted by Crippen LogP contribution is -2.14. The van der Waals surface area contributed by atoms with Gasteiger partial charge >= 0.3 is 0 Å². The first-order valence-electron chi connectivity index (χ1n) is 6.11. The first-order valence-corrected chi connectivity index (χ1v) is 7.42. The molecule has 0 bridgehead atoms. The van der Waals surface area contributed by atoms with Gasteiger partial charge < -0.3 is 9.77 Å². The fourth-order valence-corrected chi connectivity index (χ4v) is 3.24. The number of aromatic nitrogens is 1. The fraction of sp³-hybridized carbons (Fsp3) is 0.583. The molecule has 0 fully saturated rings. The van der Waals surface area contributed by atoms with Crippen molar-refractivity contribution < 1.29 is 5.21 Å². The summed E-state index contributed by atoms with van der Waals surface area (Å²) in [5.41, 5.74) is 1.83. The number of rotatable bonds is 4. The molecule has 0 saturated heterocycles. The van der Waals surface area contributed by atoms with Crippen LogP contribution in [-0.4, -0.2) is 39.3 Å². The molecule has 0 atom stereocenters. The van der Waals surface area contributed by atoms with Crippen molar-refractivity contribution in [3.05, 3.63) is 18.0 Å². The van der Waals surface area contributed by atoms with Crippen molar-refractivity contribution in [1.29, 1.82) is 0 Å². The van der Waals surface area contributed by atoms with Gasteiger partial charge in [-0.05, 0) is 37.9 Å². The minimum absolute atomic E-state index is 0.696. The molecule has 1 aromatic heterocycles. The Morgan fingerprint density at radius 2 is 2.33 bits per heavy atom. The third-order valence-corrected chi connectivity index (χ3v) is 4.31. The Kier molecular flexibility index (Phi) is 4.97. The summed E-state index contributed by atoms with van der Waals surface area (Å²) in [4.78, 5) is 1.16. The number of aryl methyl sites for hydroxylation is 1. The van der Waals surface area contributed by atoms with Gasteiger partial charge in [0.1, 0.15) is 5.71 Å². The molecule has 0 radical (unpaired) electrons. The summed E-state index contributed by atoms with van der Waals surface area (Å²) in [6.45, 7) is 1.81. The molecule has 6 heteroatoms. The maximum atomic E-state index is 9.19. The fourth-order valence-electron chi connectivity index (χ4n) is 2.09. The van der Waals surface area contributed by atoms with Gasteiger partial charge in [-0.1, -0.05) is 5.16 Å². The topological polar surface area (TPSA) is 40.8 Å². The smallest absolute Gasteiger partial charge is 0.106 e. The van der Waals surface area contributed by atoms with Crippen LogP contribution in [0.5, 0.6) is 0 Å². The molecule has 0 amide bonds. The van der Waals surface area contributed by atoms with Gasteiger partial charge in [0.15, 0.2) is 0 Å². The van der Waals surface area contributed by atoms with Crippen LogP contribution >= 0.6 is 23.5 Å². The molecular weight excluding hydrogens is 270 g/mol. The van der Waals surface area contributed by atoms with Crippen LogP contribution < -0.4 is 0 Å². The van der Waals surface area contributed by atoms with Crippen LogP contribution in [0.15, 0.2) is 22.3 Å². The molecule has 0 saturated carbocycles. The van der Waals surface area contributed by atoms with Crippen LogP contribution in [0.25, 0.3) is 0 Å². The van der Waals surface area contributed by atoms with E-state index in [2.05, 4.69) is 33.3 Å². The largest absolute Gasteiger partial charge is 0.411 e. The molecule has 0 unspecified atom stereocenters. The van der Waals surface area contributed by atoms with E-state index in [1.54, 1.807) is 11.9 Å². The zero-order valence-corrected chi connectivity index (χ0v) is 12.0. The molecule has 100 valence electrons. The summed E-state index contributed by atoms with van der Waals surface area (Å²) in [6, 6.07) is 2.09. The average Bonchev–Trinajstić information content (AvgIpc) is 2.67. The summed E-state index contributed by atoms with van der Waals surface area (Å²) in [5.74, 6) is 0.696. The molecule has 1 N–H and O–H groups in total. The number of unbranched alkanes of at least 4 members (excludes halogenated alkanes) is 1. The van der Waals surface area contributed by atoms with Gasteiger partial charge in [0.2, 0.25) is 0 Å². The second kappa shape index (κ2) is 6.50. The predicted octanol–water partition coefficient (Wildman–Crippen LogP) is 3.03. The van der Waals surface area contributed by atoms with Crippen LogP contribution in [-0.2, 0) is 6.54 Å². The Balaban J connectivity index is 2.23. The highest BCUT2D eigenvalue weighted by atomic mass is 35.5. The molecule has 1 aromatic rings. The molecule has 2 heterocycles. The molecule has 0 spiro atoms. The predicted molar refractivity (Wildman–Crippen MR) is 75.8 cm³/mol. The van der Waals surface area contributed by atoms with Crippen LogP contribution in [0.1, 0.15) is 25.0 Å². The molecule has 1 aliphatic rings. The van der Waals surface area contributed by atoms with Crippen molar-refractivity contribution >= 4 is 29.3 Å². The van der Waals surface area contributed by atoms with Gasteiger partial charge in [0.25, 0.3) is 0 Å². The Labute approximate surface area is 117 Å². The van der Waals surface area contributed by atoms with Gasteiger partial charge in [-0.15, -0.1) is 11.6 Å². The number of hydrogen-bond acceptors (Lipinski definition) is 4. The molecule has 2 rings (SSSR count). The van der Waals surface area contributed by atoms with E-state index < -0.39 is 0 Å². The van der Waals surface area contributed by atoms with E-state index >= 15 is 0 Å². The van der Waals surface area contributed by atoms with Gasteiger partial charge in [0.05, 0.1) is 10.6 Å². The van der Waals surface area contributed by atoms with Crippen molar-refractivity contribution in [1.82, 2.24) is 8.87 Å². The van der Waals surface area contributed by atoms with E-state index in [9.17, 15) is 5.21 Å². The number of oxime groups is 1. The van der Waals surface area contributed by atoms with E-state index in [1.165, 1.54) is 0 Å². The molecule has 18 heavy (non-hydrogen) atoms. The summed E-state index contributed by atoms with van der Waals surface area (Å²) < 4.78 is 4.34. The van der Waals surface area contributed by atoms with Crippen LogP contribution in [0.3, 0.4) is 0 Å². The average molecular weight is 288 g/mol. The van der Waals surface area contributed by atoms with Gasteiger partial charge in [-0.25, -0.2) is 4.31 Å². The van der Waals surface area contributed by atoms with Crippen molar-refractivity contribution in [3.63, 3.8) is 0 Å². The second-order valence-electron chi connectivity index (χ2n) is 4.36. The van der Waals surface area contributed by atoms with E-state index in [-0.39, 0.29) is 0 Å². The standard InChI is InChI=1S/C12H18ClN3OS/c1-15-8-4-10(14-17)12-11(18-15)5-9-16(12)7-3-2-6-13/h5,9,17H,2-4,6-8H2,1H3/b14-10+. The minimum Gasteiger partial charge on any atom is -0.411 e. The van der Waals surface area contributed by atoms with Gasteiger partial charge in [-0.3, -0.25) is 0 Å². The van der Waals surface area contributed by atoms with Crippen LogP contribution in [0.2, 0.25) is 0 Å². The summed E-state index contributed by atoms with van der Waals surface area (Å²) >= 11 is 7.41. The van der Waals surface area contributed by atoms with Crippen molar-refractivity contribution in [2.75, 3.05) is 19.5 Å². The molecular formula is C12H18ClN3OS. The number of hydrogen-bond donors (Lipinski definition) is 1. The van der Waals surface area contributed by atoms with Crippen molar-refractivity contribution in [2.24, 2.45) is 5.16 Å². The number of alkyl halides is 1. The molecule has 0 aromatic carbocycles. The summed E-state index contributed by atoms with van der Waals surface area (Å²) in [6.07, 6.45) is 4.89. The highest BCUT2D eigenvalue weighted by molar-refractivity contribution is 7.97. The third-order valence-electron chi connectivity index (χ3n) is 3.02. The third kappa shape index (κ3) is 3.02. The number of nitrogens with zero attached hydrogens (tertiary/aromatic N) is 3. The highest BCUT2D eigenvalue weighted by Gasteiger charge is 2.21. The Morgan fingerprint density at radius 1 is 1.50 bits per heavy atom. The van der Waals surface area contributed by atoms with E-state index in [0.29, 0.717) is 5.88 Å². The SMILES string of the molecule is CN1CC/C(=N\O)c2c(ccn2CCCCCl)S1. The number of halogens is 1. The maximum Gasteiger partial charge on any atom is 0.106 e. The monoisotopic (exact) mass is 287 g/mol. The Bertz CT molecular complexity index is 433. The van der Waals surface area contributed by atoms with E-state index in [1.807, 2.05) is 0 Å². The lowest BCUT2D eigenvalue weighted by molar-refractivity contribution is 0.317. The Hall–Kier alpha value is -0.650. The normalized spacial score (nSPS) is 18.9. The minimum atomic E-state index is 0.696. The molecule has 0 aliphatic carbocycles. The zero-order chi connectivity index (χ0) is 13.0. The Morgan fingerprint density at radius 3 is 3.06 bits per heavy atom. The molecule has 1 aliphatic heterocycles. The maximum absolute atomic E-state index is 9.19. The van der Waals surface area contributed by atoms with E-state index in [4.69, 9.17) is 11.6 Å². The number of fused-ring (bicyclic) bond motifs is 1.